The number of hydrogen-bond acceptors (Lipinski definition) is 3. The fourth-order valence-corrected chi connectivity index (χ4v) is 1.08. The highest BCUT2D eigenvalue weighted by atomic mass is 16.4. The topological polar surface area (TPSA) is 98.4 Å². The fraction of sp³-hybridized carbons (Fsp3) is 0.667. The van der Waals surface area contributed by atoms with Crippen molar-refractivity contribution in [2.45, 2.75) is 32.1 Å². The molecule has 0 rings (SSSR count). The Labute approximate surface area is 82.0 Å². The second-order valence-corrected chi connectivity index (χ2v) is 2.99. The summed E-state index contributed by atoms with van der Waals surface area (Å²) in [4.78, 5) is 20.9. The lowest BCUT2D eigenvalue weighted by Crippen LogP contribution is -2.23. The number of rotatable bonds is 7. The summed E-state index contributed by atoms with van der Waals surface area (Å²) in [6, 6.07) is 1.97. The number of nitriles is 1. The van der Waals surface area contributed by atoms with Crippen molar-refractivity contribution in [1.82, 2.24) is 0 Å². The molecule has 0 aromatic rings. The van der Waals surface area contributed by atoms with Gasteiger partial charge < -0.3 is 10.2 Å². The number of hydrogen-bond donors (Lipinski definition) is 2. The van der Waals surface area contributed by atoms with Crippen molar-refractivity contribution in [1.29, 1.82) is 5.26 Å². The summed E-state index contributed by atoms with van der Waals surface area (Å²) in [6.07, 6.45) is 2.50. The highest BCUT2D eigenvalue weighted by Crippen LogP contribution is 2.11. The predicted octanol–water partition coefficient (Wildman–Crippen LogP) is 1.25. The average molecular weight is 199 g/mol. The van der Waals surface area contributed by atoms with E-state index in [2.05, 4.69) is 0 Å². The molecule has 0 aliphatic rings. The highest BCUT2D eigenvalue weighted by Gasteiger charge is 2.24. The molecule has 0 radical (unpaired) electrons. The molecule has 5 heteroatoms. The third-order valence-corrected chi connectivity index (χ3v) is 1.88. The first kappa shape index (κ1) is 12.4. The van der Waals surface area contributed by atoms with Crippen LogP contribution in [0.25, 0.3) is 0 Å². The molecule has 14 heavy (non-hydrogen) atoms. The van der Waals surface area contributed by atoms with Gasteiger partial charge in [0.1, 0.15) is 0 Å². The van der Waals surface area contributed by atoms with E-state index in [4.69, 9.17) is 15.5 Å². The van der Waals surface area contributed by atoms with Gasteiger partial charge in [-0.1, -0.05) is 12.8 Å². The van der Waals surface area contributed by atoms with Crippen LogP contribution in [-0.2, 0) is 9.59 Å². The van der Waals surface area contributed by atoms with E-state index in [9.17, 15) is 9.59 Å². The van der Waals surface area contributed by atoms with Gasteiger partial charge in [-0.05, 0) is 12.8 Å². The maximum atomic E-state index is 10.4. The summed E-state index contributed by atoms with van der Waals surface area (Å²) in [5.41, 5.74) is 0. The summed E-state index contributed by atoms with van der Waals surface area (Å²) in [6.45, 7) is 0. The van der Waals surface area contributed by atoms with Gasteiger partial charge in [-0.2, -0.15) is 5.26 Å². The maximum Gasteiger partial charge on any atom is 0.317 e. The largest absolute Gasteiger partial charge is 0.481 e. The Morgan fingerprint density at radius 1 is 1.14 bits per heavy atom. The Bertz CT molecular complexity index is 230. The summed E-state index contributed by atoms with van der Waals surface area (Å²) in [5, 5.41) is 25.2. The van der Waals surface area contributed by atoms with E-state index in [0.717, 1.165) is 0 Å². The van der Waals surface area contributed by atoms with Gasteiger partial charge >= 0.3 is 11.9 Å². The highest BCUT2D eigenvalue weighted by molar-refractivity contribution is 5.92. The molecule has 78 valence electrons. The van der Waals surface area contributed by atoms with Crippen LogP contribution in [0.15, 0.2) is 0 Å². The lowest BCUT2D eigenvalue weighted by Gasteiger charge is -2.05. The van der Waals surface area contributed by atoms with Crippen LogP contribution in [0.3, 0.4) is 0 Å². The first-order valence-electron chi connectivity index (χ1n) is 4.42. The molecule has 0 saturated heterocycles. The van der Waals surface area contributed by atoms with Gasteiger partial charge in [-0.3, -0.25) is 9.59 Å². The molecule has 0 fully saturated rings. The number of carbonyl (C=O) groups is 2. The number of carboxylic acids is 2. The molecule has 0 saturated carbocycles. The summed E-state index contributed by atoms with van der Waals surface area (Å²) in [5.74, 6) is -3.90. The summed E-state index contributed by atoms with van der Waals surface area (Å²) >= 11 is 0. The molecule has 0 spiro atoms. The molecule has 0 unspecified atom stereocenters. The molecule has 0 amide bonds. The van der Waals surface area contributed by atoms with Gasteiger partial charge in [0, 0.05) is 6.42 Å². The molecule has 5 nitrogen and oxygen atoms in total. The van der Waals surface area contributed by atoms with Crippen molar-refractivity contribution >= 4 is 11.9 Å². The number of unbranched alkanes of at least 4 members (excludes halogenated alkanes) is 3. The number of carboxylic acid groups (broad SMARTS) is 2. The third kappa shape index (κ3) is 5.14. The van der Waals surface area contributed by atoms with Gasteiger partial charge in [-0.15, -0.1) is 0 Å². The van der Waals surface area contributed by atoms with Crippen molar-refractivity contribution < 1.29 is 19.8 Å². The van der Waals surface area contributed by atoms with Crippen LogP contribution in [0.2, 0.25) is 0 Å². The van der Waals surface area contributed by atoms with E-state index >= 15 is 0 Å². The first-order chi connectivity index (χ1) is 6.59. The summed E-state index contributed by atoms with van der Waals surface area (Å²) < 4.78 is 0. The van der Waals surface area contributed by atoms with Crippen molar-refractivity contribution in [3.8, 4) is 6.07 Å². The number of nitrogens with zero attached hydrogens (tertiary/aromatic N) is 1. The Morgan fingerprint density at radius 3 is 2.14 bits per heavy atom. The molecule has 0 aliphatic heterocycles. The van der Waals surface area contributed by atoms with Crippen molar-refractivity contribution in [3.05, 3.63) is 0 Å². The van der Waals surface area contributed by atoms with E-state index in [-0.39, 0.29) is 6.42 Å². The Kier molecular flexibility index (Phi) is 6.12. The van der Waals surface area contributed by atoms with E-state index in [1.54, 1.807) is 0 Å². The zero-order valence-electron chi connectivity index (χ0n) is 7.77. The van der Waals surface area contributed by atoms with E-state index in [0.29, 0.717) is 25.7 Å². The van der Waals surface area contributed by atoms with Crippen LogP contribution in [0.5, 0.6) is 0 Å². The van der Waals surface area contributed by atoms with Crippen LogP contribution in [0.4, 0.5) is 0 Å². The van der Waals surface area contributed by atoms with E-state index in [1.165, 1.54) is 0 Å². The zero-order valence-corrected chi connectivity index (χ0v) is 7.77. The molecular weight excluding hydrogens is 186 g/mol. The zero-order chi connectivity index (χ0) is 11.0. The SMILES string of the molecule is N#CCCCCCC(C(=O)O)C(=O)O. The minimum Gasteiger partial charge on any atom is -0.481 e. The van der Waals surface area contributed by atoms with Gasteiger partial charge in [-0.25, -0.2) is 0 Å². The molecule has 0 bridgehead atoms. The average Bonchev–Trinajstić information content (AvgIpc) is 2.09. The standard InChI is InChI=1S/C9H13NO4/c10-6-4-2-1-3-5-7(8(11)12)9(13)14/h7H,1-5H2,(H,11,12)(H,13,14). The second kappa shape index (κ2) is 6.89. The monoisotopic (exact) mass is 199 g/mol. The fourth-order valence-electron chi connectivity index (χ4n) is 1.08. The Morgan fingerprint density at radius 2 is 1.71 bits per heavy atom. The predicted molar refractivity (Wildman–Crippen MR) is 47.5 cm³/mol. The maximum absolute atomic E-state index is 10.4. The van der Waals surface area contributed by atoms with Gasteiger partial charge in [0.2, 0.25) is 0 Å². The van der Waals surface area contributed by atoms with Gasteiger partial charge in [0.25, 0.3) is 0 Å². The van der Waals surface area contributed by atoms with Gasteiger partial charge in [0.15, 0.2) is 5.92 Å². The quantitative estimate of drug-likeness (QED) is 0.474. The van der Waals surface area contributed by atoms with Crippen LogP contribution in [0, 0.1) is 17.2 Å². The molecule has 0 aliphatic carbocycles. The Hall–Kier alpha value is -1.57. The normalized spacial score (nSPS) is 9.71. The first-order valence-corrected chi connectivity index (χ1v) is 4.42. The van der Waals surface area contributed by atoms with Gasteiger partial charge in [0.05, 0.1) is 6.07 Å². The van der Waals surface area contributed by atoms with Crippen molar-refractivity contribution in [2.75, 3.05) is 0 Å². The van der Waals surface area contributed by atoms with Crippen LogP contribution >= 0.6 is 0 Å². The van der Waals surface area contributed by atoms with Crippen molar-refractivity contribution in [2.24, 2.45) is 5.92 Å². The van der Waals surface area contributed by atoms with Crippen LogP contribution in [-0.4, -0.2) is 22.2 Å². The lowest BCUT2D eigenvalue weighted by molar-refractivity contribution is -0.154. The molecule has 0 atom stereocenters. The minimum atomic E-state index is -1.31. The van der Waals surface area contributed by atoms with E-state index < -0.39 is 17.9 Å². The molecule has 0 aromatic heterocycles. The third-order valence-electron chi connectivity index (χ3n) is 1.88. The molecule has 0 heterocycles. The minimum absolute atomic E-state index is 0.135. The Balaban J connectivity index is 3.69. The molecule has 2 N–H and O–H groups in total. The lowest BCUT2D eigenvalue weighted by atomic mass is 10.0. The van der Waals surface area contributed by atoms with E-state index in [1.807, 2.05) is 6.07 Å². The molecule has 0 aromatic carbocycles. The van der Waals surface area contributed by atoms with Crippen LogP contribution < -0.4 is 0 Å². The number of aliphatic carboxylic acids is 2. The molecular formula is C9H13NO4. The summed E-state index contributed by atoms with van der Waals surface area (Å²) in [7, 11) is 0. The van der Waals surface area contributed by atoms with Crippen LogP contribution in [0.1, 0.15) is 32.1 Å². The smallest absolute Gasteiger partial charge is 0.317 e. The van der Waals surface area contributed by atoms with Crippen molar-refractivity contribution in [3.63, 3.8) is 0 Å². The second-order valence-electron chi connectivity index (χ2n) is 2.99.